The molecule has 0 bridgehead atoms. The highest BCUT2D eigenvalue weighted by atomic mass is 127. The maximum Gasteiger partial charge on any atom is 0.257 e. The standard InChI is InChI=1S/C17H16ClIN2O3S/c1-2-23-14-8-11(16(22)21-17(20)25)7-13(19)15(14)24-9-10-5-3-4-6-12(10)18/h3-8H,2,9H2,1H3,(H3,20,21,22,25). The minimum atomic E-state index is -0.399. The minimum Gasteiger partial charge on any atom is -0.490 e. The van der Waals surface area contributed by atoms with Crippen molar-refractivity contribution in [2.24, 2.45) is 5.73 Å². The van der Waals surface area contributed by atoms with E-state index in [-0.39, 0.29) is 11.7 Å². The summed E-state index contributed by atoms with van der Waals surface area (Å²) in [4.78, 5) is 12.1. The molecule has 2 rings (SSSR count). The highest BCUT2D eigenvalue weighted by molar-refractivity contribution is 14.1. The normalized spacial score (nSPS) is 10.2. The molecule has 1 amide bonds. The predicted molar refractivity (Wildman–Crippen MR) is 110 cm³/mol. The Hall–Kier alpha value is -1.58. The summed E-state index contributed by atoms with van der Waals surface area (Å²) in [5, 5.41) is 2.94. The molecule has 0 aromatic heterocycles. The average Bonchev–Trinajstić information content (AvgIpc) is 2.55. The molecule has 0 aliphatic carbocycles. The number of rotatable bonds is 6. The van der Waals surface area contributed by atoms with Crippen molar-refractivity contribution < 1.29 is 14.3 Å². The number of nitrogens with one attached hydrogen (secondary N) is 1. The van der Waals surface area contributed by atoms with E-state index in [4.69, 9.17) is 39.0 Å². The van der Waals surface area contributed by atoms with Gasteiger partial charge in [-0.2, -0.15) is 0 Å². The lowest BCUT2D eigenvalue weighted by Gasteiger charge is -2.16. The quantitative estimate of drug-likeness (QED) is 0.475. The molecule has 0 saturated heterocycles. The Morgan fingerprint density at radius 1 is 1.32 bits per heavy atom. The van der Waals surface area contributed by atoms with Gasteiger partial charge < -0.3 is 15.2 Å². The lowest BCUT2D eigenvalue weighted by Crippen LogP contribution is -2.34. The molecule has 132 valence electrons. The second-order valence-corrected chi connectivity index (χ2v) is 6.93. The van der Waals surface area contributed by atoms with E-state index in [1.807, 2.05) is 25.1 Å². The summed E-state index contributed by atoms with van der Waals surface area (Å²) >= 11 is 12.9. The summed E-state index contributed by atoms with van der Waals surface area (Å²) in [6.45, 7) is 2.57. The third-order valence-corrected chi connectivity index (χ3v) is 4.41. The zero-order chi connectivity index (χ0) is 18.4. The van der Waals surface area contributed by atoms with Crippen molar-refractivity contribution in [2.45, 2.75) is 13.5 Å². The minimum absolute atomic E-state index is 0.0861. The zero-order valence-corrected chi connectivity index (χ0v) is 17.1. The Bertz CT molecular complexity index is 801. The second kappa shape index (κ2) is 9.21. The van der Waals surface area contributed by atoms with Crippen LogP contribution in [0.5, 0.6) is 11.5 Å². The fourth-order valence-corrected chi connectivity index (χ4v) is 3.09. The lowest BCUT2D eigenvalue weighted by molar-refractivity contribution is 0.0977. The summed E-state index contributed by atoms with van der Waals surface area (Å²) in [5.74, 6) is 0.618. The Balaban J connectivity index is 2.29. The van der Waals surface area contributed by atoms with Crippen molar-refractivity contribution in [3.8, 4) is 11.5 Å². The molecule has 0 radical (unpaired) electrons. The van der Waals surface area contributed by atoms with Crippen LogP contribution in [0.2, 0.25) is 5.02 Å². The van der Waals surface area contributed by atoms with Gasteiger partial charge in [-0.1, -0.05) is 29.8 Å². The Labute approximate surface area is 170 Å². The second-order valence-electron chi connectivity index (χ2n) is 4.92. The molecule has 0 atom stereocenters. The molecule has 2 aromatic rings. The highest BCUT2D eigenvalue weighted by Crippen LogP contribution is 2.35. The number of nitrogens with two attached hydrogens (primary N) is 1. The van der Waals surface area contributed by atoms with Gasteiger partial charge in [0.15, 0.2) is 16.6 Å². The lowest BCUT2D eigenvalue weighted by atomic mass is 10.2. The van der Waals surface area contributed by atoms with Gasteiger partial charge in [-0.3, -0.25) is 10.1 Å². The number of ether oxygens (including phenoxy) is 2. The van der Waals surface area contributed by atoms with E-state index in [0.717, 1.165) is 9.13 Å². The average molecular weight is 491 g/mol. The van der Waals surface area contributed by atoms with Crippen LogP contribution >= 0.6 is 46.4 Å². The molecule has 0 saturated carbocycles. The maximum absolute atomic E-state index is 12.1. The van der Waals surface area contributed by atoms with Gasteiger partial charge in [-0.15, -0.1) is 0 Å². The van der Waals surface area contributed by atoms with E-state index < -0.39 is 5.91 Å². The fourth-order valence-electron chi connectivity index (χ4n) is 2.05. The predicted octanol–water partition coefficient (Wildman–Crippen LogP) is 3.90. The first-order chi connectivity index (χ1) is 11.9. The van der Waals surface area contributed by atoms with Crippen LogP contribution in [-0.2, 0) is 6.61 Å². The van der Waals surface area contributed by atoms with E-state index >= 15 is 0 Å². The number of thiocarbonyl (C=S) groups is 1. The van der Waals surface area contributed by atoms with E-state index in [9.17, 15) is 4.79 Å². The molecule has 0 unspecified atom stereocenters. The SMILES string of the molecule is CCOc1cc(C(=O)NC(N)=S)cc(I)c1OCc1ccccc1Cl. The third-order valence-electron chi connectivity index (χ3n) is 3.14. The van der Waals surface area contributed by atoms with Crippen LogP contribution in [0, 0.1) is 3.57 Å². The highest BCUT2D eigenvalue weighted by Gasteiger charge is 2.17. The van der Waals surface area contributed by atoms with E-state index in [1.165, 1.54) is 0 Å². The zero-order valence-electron chi connectivity index (χ0n) is 13.3. The molecule has 8 heteroatoms. The third kappa shape index (κ3) is 5.45. The Morgan fingerprint density at radius 2 is 2.04 bits per heavy atom. The first-order valence-corrected chi connectivity index (χ1v) is 9.22. The fraction of sp³-hybridized carbons (Fsp3) is 0.176. The molecule has 25 heavy (non-hydrogen) atoms. The number of hydrogen-bond donors (Lipinski definition) is 2. The number of carbonyl (C=O) groups is 1. The molecular formula is C17H16ClIN2O3S. The van der Waals surface area contributed by atoms with Gasteiger partial charge in [-0.25, -0.2) is 0 Å². The molecule has 0 fully saturated rings. The van der Waals surface area contributed by atoms with Gasteiger partial charge in [0.1, 0.15) is 6.61 Å². The molecular weight excluding hydrogens is 475 g/mol. The first-order valence-electron chi connectivity index (χ1n) is 7.35. The van der Waals surface area contributed by atoms with Gasteiger partial charge in [0.2, 0.25) is 0 Å². The van der Waals surface area contributed by atoms with Gasteiger partial charge >= 0.3 is 0 Å². The Morgan fingerprint density at radius 3 is 2.68 bits per heavy atom. The van der Waals surface area contributed by atoms with E-state index in [1.54, 1.807) is 18.2 Å². The van der Waals surface area contributed by atoms with Crippen molar-refractivity contribution >= 4 is 57.4 Å². The maximum atomic E-state index is 12.1. The number of halogens is 2. The van der Waals surface area contributed by atoms with Crippen LogP contribution in [0.1, 0.15) is 22.8 Å². The van der Waals surface area contributed by atoms with Crippen LogP contribution < -0.4 is 20.5 Å². The first kappa shape index (κ1) is 19.7. The van der Waals surface area contributed by atoms with Gasteiger partial charge in [0.05, 0.1) is 10.2 Å². The van der Waals surface area contributed by atoms with Crippen molar-refractivity contribution in [1.29, 1.82) is 0 Å². The van der Waals surface area contributed by atoms with Crippen molar-refractivity contribution in [3.63, 3.8) is 0 Å². The number of carbonyl (C=O) groups excluding carboxylic acids is 1. The van der Waals surface area contributed by atoms with Gasteiger partial charge in [-0.05, 0) is 59.9 Å². The summed E-state index contributed by atoms with van der Waals surface area (Å²) < 4.78 is 12.3. The summed E-state index contributed by atoms with van der Waals surface area (Å²) in [5.41, 5.74) is 6.59. The topological polar surface area (TPSA) is 73.6 Å². The Kier molecular flexibility index (Phi) is 7.27. The molecule has 0 heterocycles. The molecule has 0 aliphatic heterocycles. The summed E-state index contributed by atoms with van der Waals surface area (Å²) in [6.07, 6.45) is 0. The van der Waals surface area contributed by atoms with Gasteiger partial charge in [0, 0.05) is 16.1 Å². The van der Waals surface area contributed by atoms with Crippen LogP contribution in [0.4, 0.5) is 0 Å². The van der Waals surface area contributed by atoms with Crippen molar-refractivity contribution in [3.05, 3.63) is 56.1 Å². The van der Waals surface area contributed by atoms with Crippen LogP contribution in [-0.4, -0.2) is 17.6 Å². The number of amides is 1. The summed E-state index contributed by atoms with van der Waals surface area (Å²) in [7, 11) is 0. The number of benzene rings is 2. The molecule has 0 spiro atoms. The monoisotopic (exact) mass is 490 g/mol. The number of hydrogen-bond acceptors (Lipinski definition) is 4. The van der Waals surface area contributed by atoms with Crippen LogP contribution in [0.25, 0.3) is 0 Å². The van der Waals surface area contributed by atoms with E-state index in [0.29, 0.717) is 28.7 Å². The van der Waals surface area contributed by atoms with E-state index in [2.05, 4.69) is 27.9 Å². The largest absolute Gasteiger partial charge is 0.490 e. The van der Waals surface area contributed by atoms with Crippen molar-refractivity contribution in [2.75, 3.05) is 6.61 Å². The van der Waals surface area contributed by atoms with Crippen molar-refractivity contribution in [1.82, 2.24) is 5.32 Å². The summed E-state index contributed by atoms with van der Waals surface area (Å²) in [6, 6.07) is 10.7. The molecule has 5 nitrogen and oxygen atoms in total. The molecule has 0 aliphatic rings. The smallest absolute Gasteiger partial charge is 0.257 e. The molecule has 2 aromatic carbocycles. The van der Waals surface area contributed by atoms with Crippen LogP contribution in [0.3, 0.4) is 0 Å². The van der Waals surface area contributed by atoms with Crippen LogP contribution in [0.15, 0.2) is 36.4 Å². The van der Waals surface area contributed by atoms with Gasteiger partial charge in [0.25, 0.3) is 5.91 Å². The molecule has 3 N–H and O–H groups in total.